The molecule has 0 spiro atoms. The van der Waals surface area contributed by atoms with Gasteiger partial charge in [-0.2, -0.15) is 0 Å². The van der Waals surface area contributed by atoms with E-state index >= 15 is 0 Å². The lowest BCUT2D eigenvalue weighted by Crippen LogP contribution is -2.53. The molecular formula is C29H32ClFN6O3. The molecule has 0 atom stereocenters. The normalized spacial score (nSPS) is 17.1. The van der Waals surface area contributed by atoms with Crippen LogP contribution >= 0.6 is 11.6 Å². The number of piperidine rings is 1. The Hall–Kier alpha value is -3.60. The van der Waals surface area contributed by atoms with Gasteiger partial charge in [-0.25, -0.2) is 9.37 Å². The first-order valence-electron chi connectivity index (χ1n) is 13.5. The summed E-state index contributed by atoms with van der Waals surface area (Å²) < 4.78 is 13.1. The number of piperazine rings is 1. The smallest absolute Gasteiger partial charge is 0.269 e. The molecular weight excluding hydrogens is 535 g/mol. The number of hydrogen-bond donors (Lipinski definition) is 1. The SMILES string of the molecule is O=C(NCc1ccc(F)cc1)c1cnc(N2CCN(C3CCN(Cc4ccc([N+](=O)[O-])cc4)CC3)CC2)c(Cl)c1. The second-order valence-corrected chi connectivity index (χ2v) is 10.7. The number of benzene rings is 2. The predicted octanol–water partition coefficient (Wildman–Crippen LogP) is 4.50. The molecule has 0 radical (unpaired) electrons. The summed E-state index contributed by atoms with van der Waals surface area (Å²) in [5, 5.41) is 14.1. The van der Waals surface area contributed by atoms with E-state index in [1.807, 2.05) is 12.1 Å². The number of nitro groups is 1. The molecule has 2 aromatic carbocycles. The molecule has 2 aliphatic rings. The Morgan fingerprint density at radius 1 is 1.00 bits per heavy atom. The highest BCUT2D eigenvalue weighted by molar-refractivity contribution is 6.33. The van der Waals surface area contributed by atoms with E-state index in [-0.39, 0.29) is 28.9 Å². The summed E-state index contributed by atoms with van der Waals surface area (Å²) >= 11 is 6.55. The van der Waals surface area contributed by atoms with Gasteiger partial charge in [-0.05, 0) is 55.3 Å². The first-order chi connectivity index (χ1) is 19.4. The number of pyridine rings is 1. The fourth-order valence-electron chi connectivity index (χ4n) is 5.40. The average molecular weight is 567 g/mol. The third-order valence-electron chi connectivity index (χ3n) is 7.69. The Labute approximate surface area is 237 Å². The minimum atomic E-state index is -0.369. The first kappa shape index (κ1) is 27.9. The summed E-state index contributed by atoms with van der Waals surface area (Å²) in [6.07, 6.45) is 3.73. The number of non-ortho nitro benzene ring substituents is 1. The molecule has 0 bridgehead atoms. The highest BCUT2D eigenvalue weighted by atomic mass is 35.5. The Balaban J connectivity index is 1.07. The number of hydrogen-bond acceptors (Lipinski definition) is 7. The molecule has 1 aromatic heterocycles. The molecule has 11 heteroatoms. The van der Waals surface area contributed by atoms with Crippen LogP contribution in [0, 0.1) is 15.9 Å². The van der Waals surface area contributed by atoms with Crippen LogP contribution in [0.2, 0.25) is 5.02 Å². The molecule has 5 rings (SSSR count). The maximum absolute atomic E-state index is 13.1. The average Bonchev–Trinajstić information content (AvgIpc) is 2.97. The van der Waals surface area contributed by atoms with E-state index in [0.717, 1.165) is 69.8 Å². The van der Waals surface area contributed by atoms with Crippen molar-refractivity contribution >= 4 is 29.0 Å². The van der Waals surface area contributed by atoms with Crippen molar-refractivity contribution in [3.63, 3.8) is 0 Å². The topological polar surface area (TPSA) is 94.9 Å². The molecule has 2 fully saturated rings. The van der Waals surface area contributed by atoms with Crippen molar-refractivity contribution in [2.24, 2.45) is 0 Å². The van der Waals surface area contributed by atoms with Gasteiger partial charge in [0.2, 0.25) is 0 Å². The molecule has 0 saturated carbocycles. The Bertz CT molecular complexity index is 1320. The summed E-state index contributed by atoms with van der Waals surface area (Å²) in [5.74, 6) is 0.0917. The van der Waals surface area contributed by atoms with Crippen molar-refractivity contribution in [2.75, 3.05) is 44.2 Å². The van der Waals surface area contributed by atoms with Gasteiger partial charge in [0.25, 0.3) is 11.6 Å². The largest absolute Gasteiger partial charge is 0.353 e. The van der Waals surface area contributed by atoms with Gasteiger partial charge < -0.3 is 10.2 Å². The molecule has 9 nitrogen and oxygen atoms in total. The number of nitrogens with one attached hydrogen (secondary N) is 1. The predicted molar refractivity (Wildman–Crippen MR) is 152 cm³/mol. The number of amides is 1. The van der Waals surface area contributed by atoms with Gasteiger partial charge in [-0.3, -0.25) is 24.7 Å². The number of rotatable bonds is 8. The van der Waals surface area contributed by atoms with E-state index in [9.17, 15) is 19.3 Å². The number of halogens is 2. The fourth-order valence-corrected chi connectivity index (χ4v) is 5.68. The molecule has 2 saturated heterocycles. The lowest BCUT2D eigenvalue weighted by atomic mass is 10.0. The molecule has 1 N–H and O–H groups in total. The van der Waals surface area contributed by atoms with E-state index < -0.39 is 0 Å². The van der Waals surface area contributed by atoms with Gasteiger partial charge in [0.05, 0.1) is 15.5 Å². The summed E-state index contributed by atoms with van der Waals surface area (Å²) in [6.45, 7) is 6.56. The first-order valence-corrected chi connectivity index (χ1v) is 13.9. The van der Waals surface area contributed by atoms with Crippen molar-refractivity contribution in [1.29, 1.82) is 0 Å². The zero-order chi connectivity index (χ0) is 28.1. The van der Waals surface area contributed by atoms with Crippen molar-refractivity contribution in [3.8, 4) is 0 Å². The van der Waals surface area contributed by atoms with E-state index in [4.69, 9.17) is 11.6 Å². The lowest BCUT2D eigenvalue weighted by molar-refractivity contribution is -0.384. The molecule has 40 heavy (non-hydrogen) atoms. The van der Waals surface area contributed by atoms with E-state index in [1.165, 1.54) is 12.1 Å². The monoisotopic (exact) mass is 566 g/mol. The highest BCUT2D eigenvalue weighted by Gasteiger charge is 2.28. The van der Waals surface area contributed by atoms with Crippen molar-refractivity contribution in [3.05, 3.63) is 98.4 Å². The Kier molecular flexibility index (Phi) is 8.88. The maximum Gasteiger partial charge on any atom is 0.269 e. The van der Waals surface area contributed by atoms with Crippen LogP contribution in [0.1, 0.15) is 34.3 Å². The minimum absolute atomic E-state index is 0.123. The number of nitro benzene ring substituents is 1. The van der Waals surface area contributed by atoms with Crippen LogP contribution in [0.5, 0.6) is 0 Å². The van der Waals surface area contributed by atoms with E-state index in [0.29, 0.717) is 22.4 Å². The zero-order valence-electron chi connectivity index (χ0n) is 22.1. The van der Waals surface area contributed by atoms with Crippen LogP contribution in [0.15, 0.2) is 60.8 Å². The highest BCUT2D eigenvalue weighted by Crippen LogP contribution is 2.27. The van der Waals surface area contributed by atoms with Crippen LogP contribution in [0.25, 0.3) is 0 Å². The van der Waals surface area contributed by atoms with Crippen molar-refractivity contribution in [2.45, 2.75) is 32.0 Å². The van der Waals surface area contributed by atoms with E-state index in [1.54, 1.807) is 36.5 Å². The third kappa shape index (κ3) is 6.93. The molecule has 3 aromatic rings. The number of anilines is 1. The van der Waals surface area contributed by atoms with Crippen LogP contribution < -0.4 is 10.2 Å². The van der Waals surface area contributed by atoms with Gasteiger partial charge in [-0.1, -0.05) is 35.9 Å². The molecule has 0 aliphatic carbocycles. The third-order valence-corrected chi connectivity index (χ3v) is 7.97. The number of carbonyl (C=O) groups is 1. The summed E-state index contributed by atoms with van der Waals surface area (Å²) in [5.41, 5.74) is 2.41. The maximum atomic E-state index is 13.1. The molecule has 210 valence electrons. The number of carbonyl (C=O) groups excluding carboxylic acids is 1. The second kappa shape index (κ2) is 12.7. The summed E-state index contributed by atoms with van der Waals surface area (Å²) in [6, 6.07) is 15.0. The van der Waals surface area contributed by atoms with Gasteiger partial charge in [-0.15, -0.1) is 0 Å². The Morgan fingerprint density at radius 3 is 2.27 bits per heavy atom. The van der Waals surface area contributed by atoms with Gasteiger partial charge in [0.15, 0.2) is 0 Å². The standard InChI is InChI=1S/C29H32ClFN6O3/c30-27-17-23(29(38)33-18-21-1-5-24(31)6-2-21)19-32-28(27)36-15-13-35(14-16-36)25-9-11-34(12-10-25)20-22-3-7-26(8-4-22)37(39)40/h1-8,17,19,25H,9-16,18,20H2,(H,33,38). The van der Waals surface area contributed by atoms with Crippen molar-refractivity contribution in [1.82, 2.24) is 20.1 Å². The van der Waals surface area contributed by atoms with Gasteiger partial charge >= 0.3 is 0 Å². The molecule has 2 aliphatic heterocycles. The van der Waals surface area contributed by atoms with Crippen LogP contribution in [-0.2, 0) is 13.1 Å². The zero-order valence-corrected chi connectivity index (χ0v) is 22.9. The minimum Gasteiger partial charge on any atom is -0.353 e. The lowest BCUT2D eigenvalue weighted by Gasteiger charge is -2.43. The van der Waals surface area contributed by atoms with Crippen LogP contribution in [-0.4, -0.2) is 70.9 Å². The fraction of sp³-hybridized carbons (Fsp3) is 0.379. The van der Waals surface area contributed by atoms with E-state index in [2.05, 4.69) is 25.0 Å². The van der Waals surface area contributed by atoms with Crippen LogP contribution in [0.4, 0.5) is 15.9 Å². The second-order valence-electron chi connectivity index (χ2n) is 10.3. The van der Waals surface area contributed by atoms with Gasteiger partial charge in [0.1, 0.15) is 11.6 Å². The summed E-state index contributed by atoms with van der Waals surface area (Å²) in [7, 11) is 0. The molecule has 0 unspecified atom stereocenters. The number of aromatic nitrogens is 1. The molecule has 1 amide bonds. The van der Waals surface area contributed by atoms with Crippen molar-refractivity contribution < 1.29 is 14.1 Å². The Morgan fingerprint density at radius 2 is 1.65 bits per heavy atom. The number of likely N-dealkylation sites (tertiary alicyclic amines) is 1. The summed E-state index contributed by atoms with van der Waals surface area (Å²) in [4.78, 5) is 34.7. The molecule has 3 heterocycles. The van der Waals surface area contributed by atoms with Gasteiger partial charge in [0, 0.05) is 63.6 Å². The van der Waals surface area contributed by atoms with Crippen LogP contribution in [0.3, 0.4) is 0 Å². The number of nitrogens with zero attached hydrogens (tertiary/aromatic N) is 5. The quantitative estimate of drug-likeness (QED) is 0.317.